The van der Waals surface area contributed by atoms with Gasteiger partial charge < -0.3 is 15.4 Å². The van der Waals surface area contributed by atoms with E-state index in [2.05, 4.69) is 38.7 Å². The van der Waals surface area contributed by atoms with Crippen molar-refractivity contribution >= 4 is 21.8 Å². The van der Waals surface area contributed by atoms with Crippen LogP contribution in [0.2, 0.25) is 0 Å². The van der Waals surface area contributed by atoms with Crippen LogP contribution in [0, 0.1) is 0 Å². The molecular formula is C15H19BrN2O2. The molecule has 1 aliphatic heterocycles. The van der Waals surface area contributed by atoms with E-state index in [-0.39, 0.29) is 17.5 Å². The first-order valence-electron chi connectivity index (χ1n) is 7.06. The number of hydrogen-bond donors (Lipinski definition) is 2. The molecule has 20 heavy (non-hydrogen) atoms. The van der Waals surface area contributed by atoms with E-state index in [1.165, 1.54) is 5.56 Å². The van der Waals surface area contributed by atoms with Crippen LogP contribution in [0.15, 0.2) is 28.7 Å². The third kappa shape index (κ3) is 3.22. The van der Waals surface area contributed by atoms with Crippen molar-refractivity contribution < 1.29 is 9.53 Å². The Kier molecular flexibility index (Phi) is 4.10. The van der Waals surface area contributed by atoms with Crippen LogP contribution in [0.4, 0.5) is 0 Å². The van der Waals surface area contributed by atoms with Crippen LogP contribution in [0.1, 0.15) is 24.8 Å². The third-order valence-electron chi connectivity index (χ3n) is 3.94. The lowest BCUT2D eigenvalue weighted by atomic mass is 10.0. The Labute approximate surface area is 127 Å². The fourth-order valence-electron chi connectivity index (χ4n) is 2.69. The molecule has 1 saturated carbocycles. The molecule has 0 aromatic heterocycles. The summed E-state index contributed by atoms with van der Waals surface area (Å²) < 4.78 is 6.43. The zero-order valence-corrected chi connectivity index (χ0v) is 12.9. The summed E-state index contributed by atoms with van der Waals surface area (Å²) in [7, 11) is 0. The topological polar surface area (TPSA) is 50.4 Å². The highest BCUT2D eigenvalue weighted by molar-refractivity contribution is 9.10. The fourth-order valence-corrected chi connectivity index (χ4v) is 3.09. The summed E-state index contributed by atoms with van der Waals surface area (Å²) in [6.07, 6.45) is 2.52. The Bertz CT molecular complexity index is 496. The smallest absolute Gasteiger partial charge is 0.222 e. The highest BCUT2D eigenvalue weighted by Crippen LogP contribution is 2.46. The highest BCUT2D eigenvalue weighted by atomic mass is 79.9. The summed E-state index contributed by atoms with van der Waals surface area (Å²) in [5, 5.41) is 6.51. The molecule has 1 aromatic rings. The molecule has 1 atom stereocenters. The van der Waals surface area contributed by atoms with E-state index in [0.717, 1.165) is 30.5 Å². The normalized spacial score (nSPS) is 24.1. The van der Waals surface area contributed by atoms with Crippen LogP contribution in [-0.4, -0.2) is 31.7 Å². The van der Waals surface area contributed by atoms with Gasteiger partial charge in [0.05, 0.1) is 18.8 Å². The van der Waals surface area contributed by atoms with Crippen molar-refractivity contribution in [3.05, 3.63) is 34.3 Å². The molecule has 2 aliphatic rings. The standard InChI is InChI=1S/C15H19BrN2O2/c16-12-3-1-2-11(8-12)15(4-5-15)18-14(19)9-13-10-20-7-6-17-13/h1-3,8,13,17H,4-7,9-10H2,(H,18,19). The number of carbonyl (C=O) groups excluding carboxylic acids is 1. The van der Waals surface area contributed by atoms with Gasteiger partial charge >= 0.3 is 0 Å². The molecule has 1 saturated heterocycles. The Balaban J connectivity index is 1.60. The highest BCUT2D eigenvalue weighted by Gasteiger charge is 2.45. The van der Waals surface area contributed by atoms with Gasteiger partial charge in [-0.25, -0.2) is 0 Å². The summed E-state index contributed by atoms with van der Waals surface area (Å²) >= 11 is 3.49. The zero-order chi connectivity index (χ0) is 14.0. The van der Waals surface area contributed by atoms with Crippen molar-refractivity contribution in [2.75, 3.05) is 19.8 Å². The largest absolute Gasteiger partial charge is 0.378 e. The summed E-state index contributed by atoms with van der Waals surface area (Å²) in [4.78, 5) is 12.2. The number of hydrogen-bond acceptors (Lipinski definition) is 3. The van der Waals surface area contributed by atoms with Crippen LogP contribution in [0.5, 0.6) is 0 Å². The van der Waals surface area contributed by atoms with Crippen LogP contribution in [0.25, 0.3) is 0 Å². The van der Waals surface area contributed by atoms with Gasteiger partial charge in [-0.3, -0.25) is 4.79 Å². The van der Waals surface area contributed by atoms with E-state index in [4.69, 9.17) is 4.74 Å². The van der Waals surface area contributed by atoms with Crippen LogP contribution < -0.4 is 10.6 Å². The van der Waals surface area contributed by atoms with Crippen LogP contribution >= 0.6 is 15.9 Å². The Morgan fingerprint density at radius 3 is 3.00 bits per heavy atom. The van der Waals surface area contributed by atoms with E-state index < -0.39 is 0 Å². The van der Waals surface area contributed by atoms with E-state index in [1.54, 1.807) is 0 Å². The number of morpholine rings is 1. The molecule has 0 bridgehead atoms. The lowest BCUT2D eigenvalue weighted by Crippen LogP contribution is -2.45. The van der Waals surface area contributed by atoms with E-state index >= 15 is 0 Å². The minimum absolute atomic E-state index is 0.102. The predicted molar refractivity (Wildman–Crippen MR) is 80.4 cm³/mol. The number of benzene rings is 1. The molecule has 2 N–H and O–H groups in total. The molecule has 1 unspecified atom stereocenters. The van der Waals surface area contributed by atoms with Gasteiger partial charge in [-0.1, -0.05) is 28.1 Å². The quantitative estimate of drug-likeness (QED) is 0.881. The van der Waals surface area contributed by atoms with Crippen molar-refractivity contribution in [3.8, 4) is 0 Å². The van der Waals surface area contributed by atoms with Crippen molar-refractivity contribution in [2.24, 2.45) is 0 Å². The average molecular weight is 339 g/mol. The molecule has 1 aliphatic carbocycles. The first kappa shape index (κ1) is 14.0. The first-order valence-corrected chi connectivity index (χ1v) is 7.85. The maximum Gasteiger partial charge on any atom is 0.222 e. The third-order valence-corrected chi connectivity index (χ3v) is 4.43. The number of nitrogens with one attached hydrogen (secondary N) is 2. The van der Waals surface area contributed by atoms with E-state index in [9.17, 15) is 4.79 Å². The maximum absolute atomic E-state index is 12.2. The summed E-state index contributed by atoms with van der Waals surface area (Å²) in [5.74, 6) is 0.102. The SMILES string of the molecule is O=C(CC1COCCN1)NC1(c2cccc(Br)c2)CC1. The summed E-state index contributed by atoms with van der Waals surface area (Å²) in [6, 6.07) is 8.34. The minimum atomic E-state index is -0.142. The number of rotatable bonds is 4. The van der Waals surface area contributed by atoms with Gasteiger partial charge in [0.15, 0.2) is 0 Å². The molecule has 0 spiro atoms. The van der Waals surface area contributed by atoms with Crippen molar-refractivity contribution in [1.29, 1.82) is 0 Å². The van der Waals surface area contributed by atoms with Gasteiger partial charge in [0.2, 0.25) is 5.91 Å². The summed E-state index contributed by atoms with van der Waals surface area (Å²) in [6.45, 7) is 2.19. The Hall–Kier alpha value is -0.910. The lowest BCUT2D eigenvalue weighted by Gasteiger charge is -2.25. The van der Waals surface area contributed by atoms with Gasteiger partial charge in [0, 0.05) is 23.5 Å². The molecule has 1 heterocycles. The van der Waals surface area contributed by atoms with Crippen molar-refractivity contribution in [2.45, 2.75) is 30.8 Å². The average Bonchev–Trinajstić information content (AvgIpc) is 3.20. The maximum atomic E-state index is 12.2. The Morgan fingerprint density at radius 2 is 2.35 bits per heavy atom. The molecule has 2 fully saturated rings. The lowest BCUT2D eigenvalue weighted by molar-refractivity contribution is -0.123. The van der Waals surface area contributed by atoms with Gasteiger partial charge in [0.1, 0.15) is 0 Å². The first-order chi connectivity index (χ1) is 9.68. The molecule has 1 amide bonds. The second kappa shape index (κ2) is 5.84. The molecule has 5 heteroatoms. The predicted octanol–water partition coefficient (Wildman–Crippen LogP) is 1.93. The number of amides is 1. The van der Waals surface area contributed by atoms with Crippen LogP contribution in [-0.2, 0) is 15.1 Å². The zero-order valence-electron chi connectivity index (χ0n) is 11.3. The number of halogens is 1. The number of ether oxygens (including phenoxy) is 1. The van der Waals surface area contributed by atoms with E-state index in [0.29, 0.717) is 13.0 Å². The second-order valence-electron chi connectivity index (χ2n) is 5.57. The molecule has 0 radical (unpaired) electrons. The minimum Gasteiger partial charge on any atom is -0.378 e. The van der Waals surface area contributed by atoms with Crippen molar-refractivity contribution in [1.82, 2.24) is 10.6 Å². The monoisotopic (exact) mass is 338 g/mol. The van der Waals surface area contributed by atoms with E-state index in [1.807, 2.05) is 12.1 Å². The van der Waals surface area contributed by atoms with Gasteiger partial charge in [0.25, 0.3) is 0 Å². The second-order valence-corrected chi connectivity index (χ2v) is 6.49. The molecule has 3 rings (SSSR count). The Morgan fingerprint density at radius 1 is 1.50 bits per heavy atom. The molecular weight excluding hydrogens is 320 g/mol. The fraction of sp³-hybridized carbons (Fsp3) is 0.533. The van der Waals surface area contributed by atoms with Gasteiger partial charge in [-0.2, -0.15) is 0 Å². The van der Waals surface area contributed by atoms with Crippen molar-refractivity contribution in [3.63, 3.8) is 0 Å². The molecule has 108 valence electrons. The van der Waals surface area contributed by atoms with Crippen LogP contribution in [0.3, 0.4) is 0 Å². The summed E-state index contributed by atoms with van der Waals surface area (Å²) in [5.41, 5.74) is 1.05. The van der Waals surface area contributed by atoms with Gasteiger partial charge in [-0.05, 0) is 30.5 Å². The molecule has 4 nitrogen and oxygen atoms in total. The van der Waals surface area contributed by atoms with Gasteiger partial charge in [-0.15, -0.1) is 0 Å². The molecule has 1 aromatic carbocycles. The number of carbonyl (C=O) groups is 1.